The number of rotatable bonds is 13. The second-order valence-corrected chi connectivity index (χ2v) is 9.35. The van der Waals surface area contributed by atoms with Gasteiger partial charge in [-0.3, -0.25) is 4.57 Å². The van der Waals surface area contributed by atoms with Crippen molar-refractivity contribution in [3.8, 4) is 0 Å². The molecular weight excluding hydrogens is 423 g/mol. The summed E-state index contributed by atoms with van der Waals surface area (Å²) < 4.78 is 23.5. The zero-order valence-corrected chi connectivity index (χ0v) is 19.5. The van der Waals surface area contributed by atoms with Crippen molar-refractivity contribution in [2.45, 2.75) is 39.5 Å². The monoisotopic (exact) mass is 454 g/mol. The molecule has 0 aliphatic carbocycles. The fourth-order valence-electron chi connectivity index (χ4n) is 3.08. The maximum atomic E-state index is 12.7. The molecule has 1 atom stereocenters. The van der Waals surface area contributed by atoms with Crippen molar-refractivity contribution < 1.29 is 18.7 Å². The highest BCUT2D eigenvalue weighted by molar-refractivity contribution is 7.53. The van der Waals surface area contributed by atoms with Gasteiger partial charge in [-0.15, -0.1) is 0 Å². The van der Waals surface area contributed by atoms with E-state index in [1.807, 2.05) is 41.4 Å². The van der Waals surface area contributed by atoms with Crippen molar-refractivity contribution in [3.63, 3.8) is 0 Å². The Morgan fingerprint density at radius 2 is 1.77 bits per heavy atom. The number of aliphatic hydroxyl groups is 1. The molecule has 0 aromatic heterocycles. The Morgan fingerprint density at radius 1 is 1.10 bits per heavy atom. The highest BCUT2D eigenvalue weighted by Gasteiger charge is 2.24. The zero-order chi connectivity index (χ0) is 22.0. The van der Waals surface area contributed by atoms with E-state index in [1.54, 1.807) is 26.0 Å². The first-order chi connectivity index (χ1) is 14.4. The number of hydrogen-bond donors (Lipinski definition) is 2. The number of hydrogen-bond acceptors (Lipinski definition) is 6. The van der Waals surface area contributed by atoms with E-state index in [9.17, 15) is 9.67 Å². The molecule has 0 bridgehead atoms. The van der Waals surface area contributed by atoms with Crippen LogP contribution in [-0.2, 0) is 19.8 Å². The van der Waals surface area contributed by atoms with Crippen LogP contribution in [0.5, 0.6) is 0 Å². The van der Waals surface area contributed by atoms with Crippen LogP contribution < -0.4 is 10.4 Å². The summed E-state index contributed by atoms with van der Waals surface area (Å²) in [6, 6.07) is 15.0. The Bertz CT molecular complexity index is 809. The van der Waals surface area contributed by atoms with Gasteiger partial charge in [0.2, 0.25) is 0 Å². The lowest BCUT2D eigenvalue weighted by Crippen LogP contribution is -2.41. The summed E-state index contributed by atoms with van der Waals surface area (Å²) in [7, 11) is -3.13. The van der Waals surface area contributed by atoms with Crippen LogP contribution in [0.15, 0.2) is 48.5 Å². The molecule has 0 unspecified atom stereocenters. The van der Waals surface area contributed by atoms with Crippen molar-refractivity contribution in [1.82, 2.24) is 5.43 Å². The van der Waals surface area contributed by atoms with Gasteiger partial charge in [-0.2, -0.15) is 0 Å². The van der Waals surface area contributed by atoms with Gasteiger partial charge in [-0.1, -0.05) is 42.8 Å². The molecule has 2 rings (SSSR count). The lowest BCUT2D eigenvalue weighted by Gasteiger charge is -2.27. The maximum Gasteiger partial charge on any atom is 0.335 e. The fourth-order valence-corrected chi connectivity index (χ4v) is 4.98. The maximum absolute atomic E-state index is 12.7. The van der Waals surface area contributed by atoms with E-state index in [2.05, 4.69) is 12.3 Å². The van der Waals surface area contributed by atoms with Crippen LogP contribution in [0.25, 0.3) is 0 Å². The normalized spacial score (nSPS) is 12.7. The summed E-state index contributed by atoms with van der Waals surface area (Å²) in [5, 5.41) is 13.1. The van der Waals surface area contributed by atoms with Gasteiger partial charge < -0.3 is 19.2 Å². The molecule has 0 radical (unpaired) electrons. The lowest BCUT2D eigenvalue weighted by molar-refractivity contribution is 0.173. The van der Waals surface area contributed by atoms with Crippen LogP contribution in [0.3, 0.4) is 0 Å². The average Bonchev–Trinajstić information content (AvgIpc) is 2.72. The van der Waals surface area contributed by atoms with E-state index in [1.165, 1.54) is 0 Å². The van der Waals surface area contributed by atoms with Crippen LogP contribution in [0.1, 0.15) is 44.4 Å². The Balaban J connectivity index is 2.04. The molecule has 0 saturated carbocycles. The molecule has 6 nitrogen and oxygen atoms in total. The third-order valence-electron chi connectivity index (χ3n) is 4.43. The minimum atomic E-state index is -3.13. The topological polar surface area (TPSA) is 71.0 Å². The molecule has 0 amide bonds. The van der Waals surface area contributed by atoms with E-state index in [0.29, 0.717) is 24.8 Å². The Kier molecular flexibility index (Phi) is 10.3. The van der Waals surface area contributed by atoms with Crippen LogP contribution in [0, 0.1) is 0 Å². The number of nitrogens with one attached hydrogen (secondary N) is 1. The number of benzene rings is 2. The van der Waals surface area contributed by atoms with Crippen molar-refractivity contribution in [3.05, 3.63) is 64.7 Å². The third kappa shape index (κ3) is 7.69. The van der Waals surface area contributed by atoms with E-state index >= 15 is 0 Å². The molecule has 0 spiro atoms. The minimum Gasteiger partial charge on any atom is -0.387 e. The van der Waals surface area contributed by atoms with Gasteiger partial charge in [-0.05, 0) is 55.7 Å². The van der Waals surface area contributed by atoms with Gasteiger partial charge >= 0.3 is 7.60 Å². The highest BCUT2D eigenvalue weighted by atomic mass is 35.5. The first-order valence-corrected chi connectivity index (χ1v) is 12.4. The molecule has 0 saturated heterocycles. The van der Waals surface area contributed by atoms with Crippen molar-refractivity contribution in [1.29, 1.82) is 0 Å². The van der Waals surface area contributed by atoms with Crippen molar-refractivity contribution in [2.24, 2.45) is 0 Å². The standard InChI is InChI=1S/C22H32ClN2O4P/c1-4-14-25(24-16-22(26)19-8-7-9-20(23)15-19)21-12-10-18(11-13-21)17-30(27,28-5-2)29-6-3/h7-13,15,22,24,26H,4-6,14,16-17H2,1-3H3/t22-/m0/s1. The number of halogens is 1. The molecule has 0 fully saturated rings. The van der Waals surface area contributed by atoms with Gasteiger partial charge in [0.1, 0.15) is 0 Å². The Labute approximate surface area is 184 Å². The summed E-state index contributed by atoms with van der Waals surface area (Å²) in [4.78, 5) is 0. The molecule has 2 aromatic carbocycles. The van der Waals surface area contributed by atoms with E-state index < -0.39 is 13.7 Å². The molecule has 30 heavy (non-hydrogen) atoms. The lowest BCUT2D eigenvalue weighted by atomic mass is 10.1. The van der Waals surface area contributed by atoms with Crippen molar-refractivity contribution >= 4 is 24.9 Å². The number of hydrazine groups is 1. The Hall–Kier alpha value is -1.40. The molecule has 0 aliphatic rings. The predicted molar refractivity (Wildman–Crippen MR) is 123 cm³/mol. The third-order valence-corrected chi connectivity index (χ3v) is 6.72. The molecule has 8 heteroatoms. The number of anilines is 1. The van der Waals surface area contributed by atoms with E-state index in [0.717, 1.165) is 29.8 Å². The van der Waals surface area contributed by atoms with Crippen LogP contribution in [-0.4, -0.2) is 31.4 Å². The fraction of sp³-hybridized carbons (Fsp3) is 0.455. The molecule has 0 heterocycles. The SMILES string of the molecule is CCCN(NC[C@H](O)c1cccc(Cl)c1)c1ccc(CP(=O)(OCC)OCC)cc1. The average molecular weight is 455 g/mol. The first-order valence-electron chi connectivity index (χ1n) is 10.3. The van der Waals surface area contributed by atoms with Crippen LogP contribution >= 0.6 is 19.2 Å². The largest absolute Gasteiger partial charge is 0.387 e. The second kappa shape index (κ2) is 12.5. The summed E-state index contributed by atoms with van der Waals surface area (Å²) in [6.07, 6.45) is 0.501. The summed E-state index contributed by atoms with van der Waals surface area (Å²) in [5.74, 6) is 0. The van der Waals surface area contributed by atoms with Gasteiger partial charge in [0.15, 0.2) is 0 Å². The number of nitrogens with zero attached hydrogens (tertiary/aromatic N) is 1. The summed E-state index contributed by atoms with van der Waals surface area (Å²) in [5.41, 5.74) is 5.92. The van der Waals surface area contributed by atoms with Gasteiger partial charge in [-0.25, -0.2) is 5.43 Å². The molecule has 0 aliphatic heterocycles. The minimum absolute atomic E-state index is 0.240. The molecule has 2 N–H and O–H groups in total. The smallest absolute Gasteiger partial charge is 0.335 e. The second-order valence-electron chi connectivity index (χ2n) is 6.86. The molecule has 166 valence electrons. The van der Waals surface area contributed by atoms with Gasteiger partial charge in [0, 0.05) is 18.1 Å². The van der Waals surface area contributed by atoms with Gasteiger partial charge in [0.05, 0.1) is 31.2 Å². The van der Waals surface area contributed by atoms with E-state index in [4.69, 9.17) is 20.6 Å². The Morgan fingerprint density at radius 3 is 2.33 bits per heavy atom. The predicted octanol–water partition coefficient (Wildman–Crippen LogP) is 5.56. The van der Waals surface area contributed by atoms with Crippen LogP contribution in [0.4, 0.5) is 5.69 Å². The van der Waals surface area contributed by atoms with Crippen molar-refractivity contribution in [2.75, 3.05) is 31.3 Å². The zero-order valence-electron chi connectivity index (χ0n) is 17.9. The molecule has 2 aromatic rings. The van der Waals surface area contributed by atoms with Crippen LogP contribution in [0.2, 0.25) is 5.02 Å². The quantitative estimate of drug-likeness (QED) is 0.305. The van der Waals surface area contributed by atoms with Gasteiger partial charge in [0.25, 0.3) is 0 Å². The summed E-state index contributed by atoms with van der Waals surface area (Å²) >= 11 is 6.02. The highest BCUT2D eigenvalue weighted by Crippen LogP contribution is 2.51. The first kappa shape index (κ1) is 24.9. The van der Waals surface area contributed by atoms with E-state index in [-0.39, 0.29) is 6.16 Å². The summed E-state index contributed by atoms with van der Waals surface area (Å²) in [6.45, 7) is 7.53. The molecular formula is C22H32ClN2O4P. The number of aliphatic hydroxyl groups excluding tert-OH is 1.